The third-order valence-corrected chi connectivity index (χ3v) is 10.3. The second kappa shape index (κ2) is 15.7. The molecule has 1 saturated carbocycles. The molecule has 1 amide bonds. The Morgan fingerprint density at radius 2 is 1.46 bits per heavy atom. The number of aliphatic carboxylic acids is 1. The number of hydrogen-bond donors (Lipinski definition) is 1. The Hall–Kier alpha value is -3.68. The van der Waals surface area contributed by atoms with Crippen molar-refractivity contribution in [1.29, 1.82) is 0 Å². The summed E-state index contributed by atoms with van der Waals surface area (Å²) in [6, 6.07) is 10.1. The van der Waals surface area contributed by atoms with Crippen LogP contribution in [0.5, 0.6) is 0 Å². The highest BCUT2D eigenvalue weighted by atomic mass is 79.9. The molecule has 2 aliphatic rings. The van der Waals surface area contributed by atoms with Crippen LogP contribution in [0, 0.1) is 11.8 Å². The van der Waals surface area contributed by atoms with Crippen molar-refractivity contribution in [3.05, 3.63) is 87.7 Å². The first-order valence-electron chi connectivity index (χ1n) is 16.7. The van der Waals surface area contributed by atoms with Crippen LogP contribution in [0.3, 0.4) is 0 Å². The molecule has 0 bridgehead atoms. The number of nitrogens with zero attached hydrogens (tertiary/aromatic N) is 4. The maximum Gasteiger partial charge on any atom is 0.416 e. The smallest absolute Gasteiger partial charge is 0.416 e. The maximum absolute atomic E-state index is 14.3. The van der Waals surface area contributed by atoms with E-state index in [1.165, 1.54) is 12.4 Å². The number of benzene rings is 2. The number of carboxylic acids is 1. The first-order valence-corrected chi connectivity index (χ1v) is 17.5. The van der Waals surface area contributed by atoms with E-state index in [2.05, 4.69) is 25.9 Å². The zero-order chi connectivity index (χ0) is 36.2. The minimum Gasteiger partial charge on any atom is -0.481 e. The second-order valence-electron chi connectivity index (χ2n) is 13.3. The van der Waals surface area contributed by atoms with Crippen LogP contribution in [0.2, 0.25) is 0 Å². The lowest BCUT2D eigenvalue weighted by Crippen LogP contribution is -2.59. The number of aromatic nitrogens is 2. The number of alkyl halides is 6. The monoisotopic (exact) mass is 768 g/mol. The summed E-state index contributed by atoms with van der Waals surface area (Å²) in [5.74, 6) is -0.939. The molecule has 1 N–H and O–H groups in total. The molecule has 14 heteroatoms. The molecule has 5 rings (SSSR count). The summed E-state index contributed by atoms with van der Waals surface area (Å²) in [6.45, 7) is 1.63. The third-order valence-electron chi connectivity index (χ3n) is 9.88. The fourth-order valence-electron chi connectivity index (χ4n) is 7.49. The first kappa shape index (κ1) is 37.6. The van der Waals surface area contributed by atoms with Gasteiger partial charge in [0.05, 0.1) is 15.6 Å². The Morgan fingerprint density at radius 1 is 0.880 bits per heavy atom. The lowest BCUT2D eigenvalue weighted by Gasteiger charge is -2.49. The molecule has 3 aromatic rings. The number of halogens is 7. The van der Waals surface area contributed by atoms with Crippen molar-refractivity contribution in [2.24, 2.45) is 11.8 Å². The molecule has 1 aromatic heterocycles. The number of amides is 1. The fourth-order valence-corrected chi connectivity index (χ4v) is 7.70. The predicted octanol–water partition coefficient (Wildman–Crippen LogP) is 8.95. The van der Waals surface area contributed by atoms with Gasteiger partial charge in [0.2, 0.25) is 11.9 Å². The molecule has 0 radical (unpaired) electrons. The van der Waals surface area contributed by atoms with Gasteiger partial charge in [0.15, 0.2) is 0 Å². The topological polar surface area (TPSA) is 86.6 Å². The molecule has 3 unspecified atom stereocenters. The van der Waals surface area contributed by atoms with Gasteiger partial charge in [0.1, 0.15) is 0 Å². The van der Waals surface area contributed by atoms with Crippen LogP contribution < -0.4 is 4.90 Å². The molecule has 3 atom stereocenters. The van der Waals surface area contributed by atoms with Crippen molar-refractivity contribution < 1.29 is 41.0 Å². The van der Waals surface area contributed by atoms with Gasteiger partial charge in [-0.05, 0) is 103 Å². The van der Waals surface area contributed by atoms with Crippen molar-refractivity contribution in [2.75, 3.05) is 4.90 Å². The van der Waals surface area contributed by atoms with E-state index in [4.69, 9.17) is 0 Å². The Kier molecular flexibility index (Phi) is 11.8. The van der Waals surface area contributed by atoms with Gasteiger partial charge in [-0.15, -0.1) is 0 Å². The predicted molar refractivity (Wildman–Crippen MR) is 178 cm³/mol. The average molecular weight is 770 g/mol. The van der Waals surface area contributed by atoms with E-state index < -0.39 is 35.5 Å². The number of carboxylic acid groups (broad SMARTS) is 1. The van der Waals surface area contributed by atoms with Crippen LogP contribution in [-0.4, -0.2) is 50.0 Å². The SMILES string of the molecule is CCC1CC(N(Cc2cc(C(F)(F)F)cc(C(F)(F)F)c2)c2ncc(Br)cn2)CC(Cc2ccccc2)N1C(=O)C1CCC(CC(=O)O)CC1. The van der Waals surface area contributed by atoms with E-state index in [9.17, 15) is 41.0 Å². The van der Waals surface area contributed by atoms with Gasteiger partial charge >= 0.3 is 18.3 Å². The molecule has 2 fully saturated rings. The summed E-state index contributed by atoms with van der Waals surface area (Å²) < 4.78 is 83.5. The van der Waals surface area contributed by atoms with Gasteiger partial charge in [-0.25, -0.2) is 9.97 Å². The summed E-state index contributed by atoms with van der Waals surface area (Å²) >= 11 is 3.30. The average Bonchev–Trinajstić information content (AvgIpc) is 3.06. The normalized spacial score (nSPS) is 23.0. The van der Waals surface area contributed by atoms with E-state index in [0.29, 0.717) is 55.8 Å². The van der Waals surface area contributed by atoms with Crippen molar-refractivity contribution in [3.8, 4) is 0 Å². The van der Waals surface area contributed by atoms with Crippen molar-refractivity contribution in [2.45, 2.75) is 102 Å². The number of likely N-dealkylation sites (tertiary alicyclic amines) is 1. The van der Waals surface area contributed by atoms with Crippen molar-refractivity contribution in [1.82, 2.24) is 14.9 Å². The van der Waals surface area contributed by atoms with Crippen molar-refractivity contribution >= 4 is 33.8 Å². The summed E-state index contributed by atoms with van der Waals surface area (Å²) in [7, 11) is 0. The number of piperidine rings is 1. The molecular weight excluding hydrogens is 730 g/mol. The Morgan fingerprint density at radius 3 is 2.00 bits per heavy atom. The van der Waals surface area contributed by atoms with Gasteiger partial charge in [-0.1, -0.05) is 37.3 Å². The molecular formula is C36H39BrF6N4O3. The van der Waals surface area contributed by atoms with E-state index in [0.717, 1.165) is 17.7 Å². The molecule has 1 aliphatic heterocycles. The van der Waals surface area contributed by atoms with Crippen LogP contribution >= 0.6 is 15.9 Å². The van der Waals surface area contributed by atoms with Gasteiger partial charge in [-0.2, -0.15) is 26.3 Å². The van der Waals surface area contributed by atoms with Crippen molar-refractivity contribution in [3.63, 3.8) is 0 Å². The number of anilines is 1. The lowest BCUT2D eigenvalue weighted by atomic mass is 9.78. The highest BCUT2D eigenvalue weighted by Crippen LogP contribution is 2.40. The van der Waals surface area contributed by atoms with Gasteiger partial charge < -0.3 is 14.9 Å². The minimum atomic E-state index is -5.00. The zero-order valence-corrected chi connectivity index (χ0v) is 29.0. The third kappa shape index (κ3) is 9.35. The van der Waals surface area contributed by atoms with Gasteiger partial charge in [-0.3, -0.25) is 9.59 Å². The van der Waals surface area contributed by atoms with Gasteiger partial charge in [0.25, 0.3) is 0 Å². The molecule has 0 spiro atoms. The fraction of sp³-hybridized carbons (Fsp3) is 0.500. The summed E-state index contributed by atoms with van der Waals surface area (Å²) in [5.41, 5.74) is -2.00. The summed E-state index contributed by atoms with van der Waals surface area (Å²) in [6.07, 6.45) is -2.70. The van der Waals surface area contributed by atoms with Crippen LogP contribution in [0.1, 0.15) is 80.5 Å². The molecule has 1 saturated heterocycles. The molecule has 2 aromatic carbocycles. The largest absolute Gasteiger partial charge is 0.481 e. The quantitative estimate of drug-likeness (QED) is 0.208. The highest BCUT2D eigenvalue weighted by molar-refractivity contribution is 9.10. The maximum atomic E-state index is 14.3. The van der Waals surface area contributed by atoms with E-state index >= 15 is 0 Å². The van der Waals surface area contributed by atoms with Crippen LogP contribution in [0.25, 0.3) is 0 Å². The molecule has 270 valence electrons. The number of rotatable bonds is 10. The van der Waals surface area contributed by atoms with Crippen LogP contribution in [0.15, 0.2) is 65.4 Å². The first-order chi connectivity index (χ1) is 23.6. The highest BCUT2D eigenvalue weighted by Gasteiger charge is 2.43. The lowest BCUT2D eigenvalue weighted by molar-refractivity contribution is -0.145. The van der Waals surface area contributed by atoms with Crippen LogP contribution in [-0.2, 0) is 34.9 Å². The molecule has 7 nitrogen and oxygen atoms in total. The Bertz CT molecular complexity index is 1580. The Labute approximate surface area is 295 Å². The summed E-state index contributed by atoms with van der Waals surface area (Å²) in [4.78, 5) is 38.1. The molecule has 2 heterocycles. The molecule has 50 heavy (non-hydrogen) atoms. The number of carbonyl (C=O) groups excluding carboxylic acids is 1. The molecule has 1 aliphatic carbocycles. The zero-order valence-electron chi connectivity index (χ0n) is 27.4. The van der Waals surface area contributed by atoms with E-state index in [-0.39, 0.29) is 60.4 Å². The van der Waals surface area contributed by atoms with E-state index in [1.807, 2.05) is 42.2 Å². The number of hydrogen-bond acceptors (Lipinski definition) is 5. The van der Waals surface area contributed by atoms with Gasteiger partial charge in [0, 0.05) is 49.4 Å². The number of carbonyl (C=O) groups is 2. The Balaban J connectivity index is 1.51. The standard InChI is InChI=1S/C36H39BrF6N4O3/c1-2-29-17-30(18-31(14-22-6-4-3-5-7-22)47(29)33(50)25-10-8-23(9-11-25)15-32(48)49)46(34-44-19-28(37)20-45-34)21-24-12-26(35(38,39)40)16-27(13-24)36(41,42)43/h3-7,12-13,16,19-20,23,25,29-31H,2,8-11,14-15,17-18,21H2,1H3,(H,48,49). The minimum absolute atomic E-state index is 0.00384. The van der Waals surface area contributed by atoms with Crippen LogP contribution in [0.4, 0.5) is 32.3 Å². The van der Waals surface area contributed by atoms with E-state index in [1.54, 1.807) is 4.90 Å². The summed E-state index contributed by atoms with van der Waals surface area (Å²) in [5, 5.41) is 9.25. The second-order valence-corrected chi connectivity index (χ2v) is 14.3.